The molecule has 0 aliphatic heterocycles. The van der Waals surface area contributed by atoms with Crippen LogP contribution in [0.15, 0.2) is 29.2 Å². The second-order valence-electron chi connectivity index (χ2n) is 5.15. The summed E-state index contributed by atoms with van der Waals surface area (Å²) in [7, 11) is -3.43. The second kappa shape index (κ2) is 8.50. The Hall–Kier alpha value is -1.11. The van der Waals surface area contributed by atoms with Gasteiger partial charge in [-0.05, 0) is 25.0 Å². The Bertz CT molecular complexity index is 599. The number of nitrogens with two attached hydrogens (primary N) is 1. The molecule has 0 aliphatic carbocycles. The van der Waals surface area contributed by atoms with E-state index < -0.39 is 21.3 Å². The van der Waals surface area contributed by atoms with Crippen molar-refractivity contribution >= 4 is 28.2 Å². The zero-order valence-electron chi connectivity index (χ0n) is 13.3. The van der Waals surface area contributed by atoms with E-state index >= 15 is 0 Å². The lowest BCUT2D eigenvalue weighted by Crippen LogP contribution is -2.49. The Morgan fingerprint density at radius 1 is 1.18 bits per heavy atom. The van der Waals surface area contributed by atoms with Gasteiger partial charge in [0.1, 0.15) is 0 Å². The number of hydrogen-bond donors (Lipinski definition) is 2. The van der Waals surface area contributed by atoms with Crippen LogP contribution in [0.1, 0.15) is 44.0 Å². The van der Waals surface area contributed by atoms with E-state index in [0.717, 1.165) is 12.8 Å². The molecule has 0 aromatic heterocycles. The average Bonchev–Trinajstić information content (AvgIpc) is 2.52. The van der Waals surface area contributed by atoms with E-state index in [1.165, 1.54) is 12.1 Å². The number of benzene rings is 1. The van der Waals surface area contributed by atoms with Gasteiger partial charge in [0.2, 0.25) is 0 Å². The fourth-order valence-corrected chi connectivity index (χ4v) is 3.03. The lowest BCUT2D eigenvalue weighted by molar-refractivity contribution is 0.0939. The third-order valence-corrected chi connectivity index (χ3v) is 5.64. The Labute approximate surface area is 139 Å². The monoisotopic (exact) mass is 348 g/mol. The van der Waals surface area contributed by atoms with Crippen molar-refractivity contribution in [3.63, 3.8) is 0 Å². The first-order valence-electron chi connectivity index (χ1n) is 7.18. The molecule has 0 fully saturated rings. The maximum absolute atomic E-state index is 12.3. The van der Waals surface area contributed by atoms with E-state index in [-0.39, 0.29) is 28.6 Å². The zero-order valence-corrected chi connectivity index (χ0v) is 14.9. The molecular weight excluding hydrogens is 324 g/mol. The molecule has 1 amide bonds. The van der Waals surface area contributed by atoms with Gasteiger partial charge < -0.3 is 11.1 Å². The maximum Gasteiger partial charge on any atom is 0.252 e. The van der Waals surface area contributed by atoms with Crippen LogP contribution in [0.4, 0.5) is 0 Å². The van der Waals surface area contributed by atoms with Gasteiger partial charge in [0, 0.05) is 12.1 Å². The number of carbonyl (C=O) groups excluding carboxylic acids is 1. The average molecular weight is 349 g/mol. The molecule has 0 atom stereocenters. The van der Waals surface area contributed by atoms with Gasteiger partial charge in [-0.1, -0.05) is 32.9 Å². The van der Waals surface area contributed by atoms with Crippen LogP contribution in [-0.2, 0) is 9.84 Å². The van der Waals surface area contributed by atoms with E-state index in [1.807, 2.05) is 13.8 Å². The van der Waals surface area contributed by atoms with Crippen LogP contribution in [0, 0.1) is 0 Å². The second-order valence-corrected chi connectivity index (χ2v) is 7.40. The summed E-state index contributed by atoms with van der Waals surface area (Å²) >= 11 is 0. The minimum absolute atomic E-state index is 0. The molecule has 0 spiro atoms. The van der Waals surface area contributed by atoms with Gasteiger partial charge in [-0.2, -0.15) is 0 Å². The first kappa shape index (κ1) is 20.9. The molecule has 1 aromatic rings. The summed E-state index contributed by atoms with van der Waals surface area (Å²) in [6.07, 6.45) is 1.47. The highest BCUT2D eigenvalue weighted by atomic mass is 35.5. The largest absolute Gasteiger partial charge is 0.350 e. The fourth-order valence-electron chi connectivity index (χ4n) is 1.93. The number of amides is 1. The zero-order chi connectivity index (χ0) is 16.1. The number of nitrogens with one attached hydrogen (secondary N) is 1. The Kier molecular flexibility index (Phi) is 8.07. The van der Waals surface area contributed by atoms with Gasteiger partial charge in [0.25, 0.3) is 5.91 Å². The summed E-state index contributed by atoms with van der Waals surface area (Å²) < 4.78 is 24.1. The summed E-state index contributed by atoms with van der Waals surface area (Å²) in [6, 6.07) is 6.25. The van der Waals surface area contributed by atoms with Gasteiger partial charge >= 0.3 is 0 Å². The molecule has 1 aromatic carbocycles. The molecule has 5 nitrogen and oxygen atoms in total. The lowest BCUT2D eigenvalue weighted by Gasteiger charge is -2.27. The predicted molar refractivity (Wildman–Crippen MR) is 91.3 cm³/mol. The van der Waals surface area contributed by atoms with E-state index in [0.29, 0.717) is 6.54 Å². The smallest absolute Gasteiger partial charge is 0.252 e. The Morgan fingerprint density at radius 2 is 1.73 bits per heavy atom. The van der Waals surface area contributed by atoms with Crippen LogP contribution in [0.5, 0.6) is 0 Å². The summed E-state index contributed by atoms with van der Waals surface area (Å²) in [5.74, 6) is -0.443. The minimum atomic E-state index is -3.43. The SMILES string of the molecule is CCC(N)(CC)CNC(=O)c1ccccc1S(=O)(=O)CC.Cl. The lowest BCUT2D eigenvalue weighted by atomic mass is 9.94. The third-order valence-electron chi connectivity index (χ3n) is 3.86. The Balaban J connectivity index is 0.00000441. The fraction of sp³-hybridized carbons (Fsp3) is 0.533. The van der Waals surface area contributed by atoms with E-state index in [9.17, 15) is 13.2 Å². The first-order valence-corrected chi connectivity index (χ1v) is 8.83. The van der Waals surface area contributed by atoms with E-state index in [2.05, 4.69) is 5.32 Å². The van der Waals surface area contributed by atoms with Crippen LogP contribution in [0.25, 0.3) is 0 Å². The molecule has 3 N–H and O–H groups in total. The summed E-state index contributed by atoms with van der Waals surface area (Å²) in [6.45, 7) is 5.80. The quantitative estimate of drug-likeness (QED) is 0.790. The van der Waals surface area contributed by atoms with E-state index in [4.69, 9.17) is 5.73 Å². The molecular formula is C15H25ClN2O3S. The van der Waals surface area contributed by atoms with Gasteiger partial charge in [-0.3, -0.25) is 4.79 Å². The summed E-state index contributed by atoms with van der Waals surface area (Å²) in [4.78, 5) is 12.3. The molecule has 0 bridgehead atoms. The molecule has 0 aliphatic rings. The van der Waals surface area contributed by atoms with Gasteiger partial charge in [-0.15, -0.1) is 12.4 Å². The summed E-state index contributed by atoms with van der Waals surface area (Å²) in [5, 5.41) is 2.75. The molecule has 22 heavy (non-hydrogen) atoms. The number of carbonyl (C=O) groups is 1. The van der Waals surface area contributed by atoms with E-state index in [1.54, 1.807) is 19.1 Å². The molecule has 1 rings (SSSR count). The van der Waals surface area contributed by atoms with Crippen molar-refractivity contribution in [2.45, 2.75) is 44.0 Å². The Morgan fingerprint density at radius 3 is 2.23 bits per heavy atom. The number of halogens is 1. The summed E-state index contributed by atoms with van der Waals surface area (Å²) in [5.41, 5.74) is 5.85. The molecule has 0 saturated heterocycles. The highest BCUT2D eigenvalue weighted by Crippen LogP contribution is 2.17. The molecule has 7 heteroatoms. The van der Waals surface area contributed by atoms with Crippen molar-refractivity contribution in [1.29, 1.82) is 0 Å². The van der Waals surface area contributed by atoms with Crippen molar-refractivity contribution in [1.82, 2.24) is 5.32 Å². The van der Waals surface area contributed by atoms with Gasteiger partial charge in [0.05, 0.1) is 16.2 Å². The molecule has 0 unspecified atom stereocenters. The van der Waals surface area contributed by atoms with Crippen molar-refractivity contribution < 1.29 is 13.2 Å². The highest BCUT2D eigenvalue weighted by Gasteiger charge is 2.24. The molecule has 0 radical (unpaired) electrons. The molecule has 0 heterocycles. The van der Waals surface area contributed by atoms with Crippen LogP contribution in [-0.4, -0.2) is 32.2 Å². The van der Waals surface area contributed by atoms with Gasteiger partial charge in [0.15, 0.2) is 9.84 Å². The van der Waals surface area contributed by atoms with Crippen LogP contribution >= 0.6 is 12.4 Å². The highest BCUT2D eigenvalue weighted by molar-refractivity contribution is 7.91. The third kappa shape index (κ3) is 4.97. The van der Waals surface area contributed by atoms with Crippen molar-refractivity contribution in [3.8, 4) is 0 Å². The first-order chi connectivity index (χ1) is 9.79. The maximum atomic E-state index is 12.3. The van der Waals surface area contributed by atoms with Crippen molar-refractivity contribution in [2.75, 3.05) is 12.3 Å². The van der Waals surface area contributed by atoms with Gasteiger partial charge in [-0.25, -0.2) is 8.42 Å². The topological polar surface area (TPSA) is 89.3 Å². The standard InChI is InChI=1S/C15H24N2O3S.ClH/c1-4-15(16,5-2)11-17-14(18)12-9-7-8-10-13(12)21(19,20)6-3;/h7-10H,4-6,11,16H2,1-3H3,(H,17,18);1H. The number of rotatable bonds is 7. The predicted octanol–water partition coefficient (Wildman–Crippen LogP) is 2.15. The molecule has 126 valence electrons. The van der Waals surface area contributed by atoms with Crippen LogP contribution in [0.2, 0.25) is 0 Å². The van der Waals surface area contributed by atoms with Crippen molar-refractivity contribution in [3.05, 3.63) is 29.8 Å². The van der Waals surface area contributed by atoms with Crippen LogP contribution < -0.4 is 11.1 Å². The number of sulfone groups is 1. The van der Waals surface area contributed by atoms with Crippen molar-refractivity contribution in [2.24, 2.45) is 5.73 Å². The van der Waals surface area contributed by atoms with Crippen LogP contribution in [0.3, 0.4) is 0 Å². The minimum Gasteiger partial charge on any atom is -0.350 e. The molecule has 0 saturated carbocycles. The normalized spacial score (nSPS) is 11.6. The number of hydrogen-bond acceptors (Lipinski definition) is 4.